The van der Waals surface area contributed by atoms with Crippen LogP contribution >= 0.6 is 24.8 Å². The van der Waals surface area contributed by atoms with E-state index in [0.29, 0.717) is 44.7 Å². The molecule has 2 amide bonds. The van der Waals surface area contributed by atoms with Crippen molar-refractivity contribution in [3.05, 3.63) is 65.4 Å². The Morgan fingerprint density at radius 3 is 2.40 bits per heavy atom. The molecule has 6 rings (SSSR count). The lowest BCUT2D eigenvalue weighted by molar-refractivity contribution is -0.156. The lowest BCUT2D eigenvalue weighted by Crippen LogP contribution is -2.61. The fourth-order valence-corrected chi connectivity index (χ4v) is 6.03. The Bertz CT molecular complexity index is 1370. The number of rotatable bonds is 5. The van der Waals surface area contributed by atoms with Crippen LogP contribution in [0.1, 0.15) is 23.2 Å². The van der Waals surface area contributed by atoms with Crippen molar-refractivity contribution in [2.75, 3.05) is 50.7 Å². The van der Waals surface area contributed by atoms with Crippen molar-refractivity contribution in [1.82, 2.24) is 19.7 Å². The molecule has 1 unspecified atom stereocenters. The molecule has 0 aliphatic carbocycles. The zero-order chi connectivity index (χ0) is 26.4. The lowest BCUT2D eigenvalue weighted by Gasteiger charge is -2.42. The molecule has 2 aromatic carbocycles. The molecule has 0 spiro atoms. The van der Waals surface area contributed by atoms with E-state index in [0.717, 1.165) is 42.3 Å². The summed E-state index contributed by atoms with van der Waals surface area (Å²) in [4.78, 5) is 37.3. The number of H-pyrrole nitrogens is 1. The van der Waals surface area contributed by atoms with E-state index in [2.05, 4.69) is 16.0 Å². The summed E-state index contributed by atoms with van der Waals surface area (Å²) in [6, 6.07) is 13.2. The van der Waals surface area contributed by atoms with Crippen molar-refractivity contribution in [3.8, 4) is 0 Å². The highest BCUT2D eigenvalue weighted by molar-refractivity contribution is 6.02. The first-order valence-electron chi connectivity index (χ1n) is 13.1. The number of halogens is 5. The number of hydrogen-bond acceptors (Lipinski definition) is 5. The number of imide groups is 1. The van der Waals surface area contributed by atoms with Gasteiger partial charge < -0.3 is 9.88 Å². The van der Waals surface area contributed by atoms with E-state index in [4.69, 9.17) is 0 Å². The van der Waals surface area contributed by atoms with E-state index in [-0.39, 0.29) is 49.2 Å². The molecule has 1 atom stereocenters. The number of fused-ring (bicyclic) bond motifs is 4. The Labute approximate surface area is 243 Å². The second-order valence-electron chi connectivity index (χ2n) is 10.4. The first-order valence-corrected chi connectivity index (χ1v) is 13.1. The standard InChI is InChI=1S/C28H30F3N5O2.2ClH/c29-28(30,31)19-5-3-6-20(15-19)34-13-11-33(12-14-34)9-4-10-36-26(37)18-35-17-24-22(16-25(35)27(36)38)21-7-1-2-8-23(21)32-24;;/h1-3,5-8,15,25,32H,4,9-14,16-18H2;2*1H. The van der Waals surface area contributed by atoms with Gasteiger partial charge in [0.05, 0.1) is 18.2 Å². The molecule has 2 fully saturated rings. The largest absolute Gasteiger partial charge is 0.416 e. The monoisotopic (exact) mass is 597 g/mol. The number of piperazine rings is 2. The van der Waals surface area contributed by atoms with E-state index in [1.807, 2.05) is 28.0 Å². The van der Waals surface area contributed by atoms with Gasteiger partial charge in [-0.05, 0) is 49.2 Å². The number of alkyl halides is 3. The van der Waals surface area contributed by atoms with Crippen LogP contribution in [0.3, 0.4) is 0 Å². The van der Waals surface area contributed by atoms with Crippen LogP contribution in [0.4, 0.5) is 18.9 Å². The fourth-order valence-electron chi connectivity index (χ4n) is 6.03. The predicted molar refractivity (Wildman–Crippen MR) is 152 cm³/mol. The summed E-state index contributed by atoms with van der Waals surface area (Å²) in [7, 11) is 0. The molecule has 0 bridgehead atoms. The number of benzene rings is 2. The van der Waals surface area contributed by atoms with Gasteiger partial charge in [-0.25, -0.2) is 0 Å². The molecule has 0 radical (unpaired) electrons. The normalized spacial score (nSPS) is 20.1. The third-order valence-corrected chi connectivity index (χ3v) is 8.06. The van der Waals surface area contributed by atoms with Gasteiger partial charge >= 0.3 is 6.18 Å². The van der Waals surface area contributed by atoms with Crippen LogP contribution in [0.15, 0.2) is 48.5 Å². The highest BCUT2D eigenvalue weighted by atomic mass is 35.5. The van der Waals surface area contributed by atoms with Gasteiger partial charge in [-0.3, -0.25) is 24.3 Å². The number of aromatic amines is 1. The van der Waals surface area contributed by atoms with Crippen LogP contribution in [-0.4, -0.2) is 83.4 Å². The van der Waals surface area contributed by atoms with Crippen molar-refractivity contribution in [2.45, 2.75) is 31.6 Å². The molecule has 3 aromatic rings. The van der Waals surface area contributed by atoms with Gasteiger partial charge in [-0.2, -0.15) is 13.2 Å². The summed E-state index contributed by atoms with van der Waals surface area (Å²) in [5, 5.41) is 1.14. The van der Waals surface area contributed by atoms with Gasteiger partial charge in [0.25, 0.3) is 0 Å². The van der Waals surface area contributed by atoms with Crippen molar-refractivity contribution in [1.29, 1.82) is 0 Å². The number of anilines is 1. The first kappa shape index (κ1) is 30.2. The average molecular weight is 598 g/mol. The van der Waals surface area contributed by atoms with Crippen LogP contribution in [-0.2, 0) is 28.7 Å². The molecule has 0 saturated carbocycles. The number of aromatic nitrogens is 1. The molecule has 3 aliphatic rings. The predicted octanol–water partition coefficient (Wildman–Crippen LogP) is 4.34. The van der Waals surface area contributed by atoms with Gasteiger partial charge in [0.15, 0.2) is 0 Å². The van der Waals surface area contributed by atoms with Gasteiger partial charge in [0, 0.05) is 61.6 Å². The van der Waals surface area contributed by atoms with Gasteiger partial charge in [0.2, 0.25) is 11.8 Å². The maximum Gasteiger partial charge on any atom is 0.416 e. The van der Waals surface area contributed by atoms with Crippen LogP contribution in [0.25, 0.3) is 10.9 Å². The second kappa shape index (κ2) is 12.0. The lowest BCUT2D eigenvalue weighted by atomic mass is 9.94. The smallest absolute Gasteiger partial charge is 0.369 e. The van der Waals surface area contributed by atoms with Crippen LogP contribution in [0, 0.1) is 0 Å². The minimum atomic E-state index is -4.35. The SMILES string of the molecule is Cl.Cl.O=C1CN2Cc3[nH]c4ccccc4c3CC2C(=O)N1CCCN1CCN(c2cccc(C(F)(F)F)c2)CC1. The van der Waals surface area contributed by atoms with E-state index in [1.54, 1.807) is 6.07 Å². The molecular formula is C28H32Cl2F3N5O2. The molecule has 40 heavy (non-hydrogen) atoms. The Balaban J connectivity index is 0.00000185. The number of nitrogens with zero attached hydrogens (tertiary/aromatic N) is 4. The summed E-state index contributed by atoms with van der Waals surface area (Å²) in [5.41, 5.74) is 3.26. The summed E-state index contributed by atoms with van der Waals surface area (Å²) in [6.07, 6.45) is -3.08. The molecule has 216 valence electrons. The zero-order valence-corrected chi connectivity index (χ0v) is 23.5. The third-order valence-electron chi connectivity index (χ3n) is 8.06. The number of carbonyl (C=O) groups is 2. The van der Waals surface area contributed by atoms with Crippen molar-refractivity contribution in [2.24, 2.45) is 0 Å². The number of hydrogen-bond donors (Lipinski definition) is 1. The second-order valence-corrected chi connectivity index (χ2v) is 10.4. The maximum atomic E-state index is 13.4. The molecule has 1 N–H and O–H groups in total. The molecule has 2 saturated heterocycles. The van der Waals surface area contributed by atoms with E-state index in [9.17, 15) is 22.8 Å². The van der Waals surface area contributed by atoms with Crippen molar-refractivity contribution in [3.63, 3.8) is 0 Å². The van der Waals surface area contributed by atoms with Crippen LogP contribution < -0.4 is 4.90 Å². The third kappa shape index (κ3) is 5.81. The highest BCUT2D eigenvalue weighted by Gasteiger charge is 2.42. The summed E-state index contributed by atoms with van der Waals surface area (Å²) in [5.74, 6) is -0.272. The topological polar surface area (TPSA) is 62.9 Å². The Kier molecular flexibility index (Phi) is 9.04. The van der Waals surface area contributed by atoms with E-state index >= 15 is 0 Å². The number of amides is 2. The quantitative estimate of drug-likeness (QED) is 0.443. The van der Waals surface area contributed by atoms with E-state index < -0.39 is 11.7 Å². The molecule has 4 heterocycles. The molecule has 3 aliphatic heterocycles. The van der Waals surface area contributed by atoms with Crippen LogP contribution in [0.2, 0.25) is 0 Å². The minimum Gasteiger partial charge on any atom is -0.369 e. The maximum absolute atomic E-state index is 13.4. The van der Waals surface area contributed by atoms with Gasteiger partial charge in [-0.1, -0.05) is 24.3 Å². The number of nitrogens with one attached hydrogen (secondary N) is 1. The van der Waals surface area contributed by atoms with Gasteiger partial charge in [0.1, 0.15) is 0 Å². The number of carbonyl (C=O) groups excluding carboxylic acids is 2. The molecular weight excluding hydrogens is 566 g/mol. The fraction of sp³-hybridized carbons (Fsp3) is 0.429. The van der Waals surface area contributed by atoms with Gasteiger partial charge in [-0.15, -0.1) is 24.8 Å². The Morgan fingerprint density at radius 2 is 1.65 bits per heavy atom. The first-order chi connectivity index (χ1) is 18.3. The number of para-hydroxylation sites is 1. The summed E-state index contributed by atoms with van der Waals surface area (Å²) in [6.45, 7) is 4.62. The van der Waals surface area contributed by atoms with Crippen molar-refractivity contribution < 1.29 is 22.8 Å². The Hall–Kier alpha value is -2.79. The highest BCUT2D eigenvalue weighted by Crippen LogP contribution is 2.33. The Morgan fingerprint density at radius 1 is 0.900 bits per heavy atom. The summed E-state index contributed by atoms with van der Waals surface area (Å²) < 4.78 is 39.2. The summed E-state index contributed by atoms with van der Waals surface area (Å²) >= 11 is 0. The zero-order valence-electron chi connectivity index (χ0n) is 21.8. The van der Waals surface area contributed by atoms with Crippen molar-refractivity contribution >= 4 is 53.2 Å². The average Bonchev–Trinajstić information content (AvgIpc) is 3.27. The molecule has 12 heteroatoms. The minimum absolute atomic E-state index is 0. The molecule has 7 nitrogen and oxygen atoms in total. The van der Waals surface area contributed by atoms with Crippen LogP contribution in [0.5, 0.6) is 0 Å². The van der Waals surface area contributed by atoms with E-state index in [1.165, 1.54) is 22.6 Å². The molecule has 1 aromatic heterocycles.